The summed E-state index contributed by atoms with van der Waals surface area (Å²) in [6, 6.07) is 19.1. The molecule has 98 valence electrons. The molecule has 2 aromatic rings. The fourth-order valence-electron chi connectivity index (χ4n) is 1.65. The molecular weight excluding hydrogens is 216 g/mol. The van der Waals surface area contributed by atoms with Gasteiger partial charge < -0.3 is 0 Å². The number of rotatable bonds is 2. The van der Waals surface area contributed by atoms with Gasteiger partial charge in [-0.2, -0.15) is 0 Å². The van der Waals surface area contributed by atoms with Gasteiger partial charge >= 0.3 is 0 Å². The third-order valence-corrected chi connectivity index (χ3v) is 2.74. The van der Waals surface area contributed by atoms with Crippen molar-refractivity contribution < 1.29 is 0 Å². The summed E-state index contributed by atoms with van der Waals surface area (Å²) in [6.45, 7) is 6.46. The highest BCUT2D eigenvalue weighted by Crippen LogP contribution is 2.03. The first-order chi connectivity index (χ1) is 8.26. The molecule has 0 heterocycles. The smallest absolute Gasteiger partial charge is 0.0307 e. The SMILES string of the molecule is C.CCc1cccc(C)c1.CCc1ccccc1. The van der Waals surface area contributed by atoms with Gasteiger partial charge in [-0.25, -0.2) is 0 Å². The van der Waals surface area contributed by atoms with E-state index in [-0.39, 0.29) is 7.43 Å². The summed E-state index contributed by atoms with van der Waals surface area (Å²) in [5, 5.41) is 0. The van der Waals surface area contributed by atoms with Gasteiger partial charge in [0.1, 0.15) is 0 Å². The van der Waals surface area contributed by atoms with E-state index in [2.05, 4.69) is 69.3 Å². The average molecular weight is 242 g/mol. The van der Waals surface area contributed by atoms with Crippen LogP contribution in [0, 0.1) is 6.92 Å². The van der Waals surface area contributed by atoms with Crippen LogP contribution in [-0.4, -0.2) is 0 Å². The van der Waals surface area contributed by atoms with Crippen LogP contribution in [0.25, 0.3) is 0 Å². The molecular formula is C18H26. The predicted molar refractivity (Wildman–Crippen MR) is 83.1 cm³/mol. The van der Waals surface area contributed by atoms with Crippen molar-refractivity contribution in [2.45, 2.75) is 41.0 Å². The lowest BCUT2D eigenvalue weighted by molar-refractivity contribution is 1.13. The van der Waals surface area contributed by atoms with Gasteiger partial charge in [0.2, 0.25) is 0 Å². The van der Waals surface area contributed by atoms with E-state index in [9.17, 15) is 0 Å². The monoisotopic (exact) mass is 242 g/mol. The molecule has 18 heavy (non-hydrogen) atoms. The Morgan fingerprint density at radius 2 is 1.28 bits per heavy atom. The highest BCUT2D eigenvalue weighted by atomic mass is 13.9. The Hall–Kier alpha value is -1.56. The van der Waals surface area contributed by atoms with E-state index in [0.717, 1.165) is 12.8 Å². The number of benzene rings is 2. The maximum atomic E-state index is 2.22. The van der Waals surface area contributed by atoms with Gasteiger partial charge in [0.05, 0.1) is 0 Å². The highest BCUT2D eigenvalue weighted by molar-refractivity contribution is 5.21. The zero-order valence-corrected chi connectivity index (χ0v) is 11.1. The van der Waals surface area contributed by atoms with Gasteiger partial charge in [0.15, 0.2) is 0 Å². The zero-order valence-electron chi connectivity index (χ0n) is 11.1. The second-order valence-electron chi connectivity index (χ2n) is 4.18. The van der Waals surface area contributed by atoms with Crippen LogP contribution in [0.3, 0.4) is 0 Å². The van der Waals surface area contributed by atoms with Gasteiger partial charge in [-0.15, -0.1) is 0 Å². The Morgan fingerprint density at radius 3 is 1.67 bits per heavy atom. The van der Waals surface area contributed by atoms with Gasteiger partial charge in [0.25, 0.3) is 0 Å². The summed E-state index contributed by atoms with van der Waals surface area (Å²) in [5.41, 5.74) is 4.19. The maximum Gasteiger partial charge on any atom is -0.0307 e. The van der Waals surface area contributed by atoms with Crippen molar-refractivity contribution in [1.29, 1.82) is 0 Å². The normalized spacial score (nSPS) is 8.83. The molecule has 0 fully saturated rings. The number of hydrogen-bond acceptors (Lipinski definition) is 0. The molecule has 2 aromatic carbocycles. The van der Waals surface area contributed by atoms with E-state index >= 15 is 0 Å². The summed E-state index contributed by atoms with van der Waals surface area (Å²) in [4.78, 5) is 0. The number of aryl methyl sites for hydroxylation is 3. The third kappa shape index (κ3) is 6.24. The van der Waals surface area contributed by atoms with Crippen LogP contribution < -0.4 is 0 Å². The van der Waals surface area contributed by atoms with E-state index in [1.807, 2.05) is 6.07 Å². The summed E-state index contributed by atoms with van der Waals surface area (Å²) < 4.78 is 0. The summed E-state index contributed by atoms with van der Waals surface area (Å²) in [7, 11) is 0. The molecule has 0 radical (unpaired) electrons. The van der Waals surface area contributed by atoms with Gasteiger partial charge in [-0.3, -0.25) is 0 Å². The van der Waals surface area contributed by atoms with Crippen LogP contribution >= 0.6 is 0 Å². The summed E-state index contributed by atoms with van der Waals surface area (Å²) in [6.07, 6.45) is 2.28. The Kier molecular flexibility index (Phi) is 8.65. The largest absolute Gasteiger partial charge is 0.0776 e. The van der Waals surface area contributed by atoms with Crippen molar-refractivity contribution in [3.63, 3.8) is 0 Å². The second-order valence-corrected chi connectivity index (χ2v) is 4.18. The molecule has 0 heteroatoms. The van der Waals surface area contributed by atoms with Gasteiger partial charge in [-0.05, 0) is 30.9 Å². The number of hydrogen-bond donors (Lipinski definition) is 0. The molecule has 0 aliphatic rings. The maximum absolute atomic E-state index is 2.22. The van der Waals surface area contributed by atoms with Crippen LogP contribution in [0.15, 0.2) is 54.6 Å². The van der Waals surface area contributed by atoms with E-state index in [1.54, 1.807) is 0 Å². The van der Waals surface area contributed by atoms with Crippen molar-refractivity contribution >= 4 is 0 Å². The average Bonchev–Trinajstić information content (AvgIpc) is 2.40. The lowest BCUT2D eigenvalue weighted by Crippen LogP contribution is -1.78. The molecule has 0 aromatic heterocycles. The fraction of sp³-hybridized carbons (Fsp3) is 0.333. The first-order valence-electron chi connectivity index (χ1n) is 6.35. The third-order valence-electron chi connectivity index (χ3n) is 2.74. The van der Waals surface area contributed by atoms with Gasteiger partial charge in [0, 0.05) is 0 Å². The Bertz CT molecular complexity index is 415. The first kappa shape index (κ1) is 16.4. The van der Waals surface area contributed by atoms with Gasteiger partial charge in [-0.1, -0.05) is 81.4 Å². The lowest BCUT2D eigenvalue weighted by Gasteiger charge is -1.95. The van der Waals surface area contributed by atoms with E-state index < -0.39 is 0 Å². The first-order valence-corrected chi connectivity index (χ1v) is 6.35. The van der Waals surface area contributed by atoms with Crippen LogP contribution in [0.1, 0.15) is 38.0 Å². The molecule has 0 amide bonds. The Balaban J connectivity index is 0.000000306. The molecule has 0 bridgehead atoms. The molecule has 0 atom stereocenters. The molecule has 0 saturated heterocycles. The highest BCUT2D eigenvalue weighted by Gasteiger charge is 1.85. The molecule has 0 N–H and O–H groups in total. The van der Waals surface area contributed by atoms with Crippen molar-refractivity contribution in [2.24, 2.45) is 0 Å². The van der Waals surface area contributed by atoms with Crippen LogP contribution in [0.4, 0.5) is 0 Å². The quantitative estimate of drug-likeness (QED) is 0.657. The van der Waals surface area contributed by atoms with E-state index in [0.29, 0.717) is 0 Å². The van der Waals surface area contributed by atoms with Crippen molar-refractivity contribution in [3.05, 3.63) is 71.3 Å². The standard InChI is InChI=1S/C9H12.C8H10.CH4/c1-3-9-6-4-5-8(2)7-9;1-2-8-6-4-3-5-7-8;/h4-7H,3H2,1-2H3;3-7H,2H2,1H3;1H4. The molecule has 2 rings (SSSR count). The molecule has 0 saturated carbocycles. The van der Waals surface area contributed by atoms with E-state index in [4.69, 9.17) is 0 Å². The van der Waals surface area contributed by atoms with Crippen molar-refractivity contribution in [1.82, 2.24) is 0 Å². The Morgan fingerprint density at radius 1 is 0.722 bits per heavy atom. The van der Waals surface area contributed by atoms with E-state index in [1.165, 1.54) is 16.7 Å². The van der Waals surface area contributed by atoms with Crippen molar-refractivity contribution in [3.8, 4) is 0 Å². The molecule has 0 aliphatic heterocycles. The summed E-state index contributed by atoms with van der Waals surface area (Å²) >= 11 is 0. The second kappa shape index (κ2) is 9.47. The Labute approximate surface area is 113 Å². The molecule has 0 aliphatic carbocycles. The molecule has 0 unspecified atom stereocenters. The van der Waals surface area contributed by atoms with Crippen LogP contribution in [0.5, 0.6) is 0 Å². The van der Waals surface area contributed by atoms with Crippen molar-refractivity contribution in [2.75, 3.05) is 0 Å². The molecule has 0 spiro atoms. The minimum atomic E-state index is 0. The predicted octanol–water partition coefficient (Wildman–Crippen LogP) is 5.44. The zero-order chi connectivity index (χ0) is 12.5. The minimum Gasteiger partial charge on any atom is -0.0776 e. The van der Waals surface area contributed by atoms with Crippen LogP contribution in [-0.2, 0) is 12.8 Å². The molecule has 0 nitrogen and oxygen atoms in total. The summed E-state index contributed by atoms with van der Waals surface area (Å²) in [5.74, 6) is 0. The topological polar surface area (TPSA) is 0 Å². The lowest BCUT2D eigenvalue weighted by atomic mass is 10.1. The fourth-order valence-corrected chi connectivity index (χ4v) is 1.65. The minimum absolute atomic E-state index is 0. The van der Waals surface area contributed by atoms with Crippen LogP contribution in [0.2, 0.25) is 0 Å².